The van der Waals surface area contributed by atoms with Crippen LogP contribution < -0.4 is 5.56 Å². The number of pyridine rings is 1. The number of H-pyrrole nitrogens is 2. The lowest BCUT2D eigenvalue weighted by Crippen LogP contribution is -2.48. The molecule has 4 heterocycles. The second-order valence-corrected chi connectivity index (χ2v) is 7.68. The van der Waals surface area contributed by atoms with Gasteiger partial charge in [-0.3, -0.25) is 14.6 Å². The second-order valence-electron chi connectivity index (χ2n) is 7.68. The normalized spacial score (nSPS) is 21.1. The van der Waals surface area contributed by atoms with E-state index in [-0.39, 0.29) is 16.9 Å². The molecule has 1 unspecified atom stereocenters. The van der Waals surface area contributed by atoms with Crippen LogP contribution >= 0.6 is 0 Å². The first-order chi connectivity index (χ1) is 13.7. The summed E-state index contributed by atoms with van der Waals surface area (Å²) in [4.78, 5) is 42.4. The van der Waals surface area contributed by atoms with Crippen LogP contribution in [0.15, 0.2) is 47.7 Å². The highest BCUT2D eigenvalue weighted by molar-refractivity contribution is 5.92. The summed E-state index contributed by atoms with van der Waals surface area (Å²) in [6.07, 6.45) is 8.56. The van der Waals surface area contributed by atoms with Gasteiger partial charge in [-0.1, -0.05) is 0 Å². The number of hydrogen-bond donors (Lipinski definition) is 2. The number of hydrogen-bond acceptors (Lipinski definition) is 4. The van der Waals surface area contributed by atoms with E-state index < -0.39 is 0 Å². The van der Waals surface area contributed by atoms with E-state index in [2.05, 4.69) is 15.0 Å². The second kappa shape index (κ2) is 6.44. The number of carbonyl (C=O) groups is 1. The molecule has 0 saturated carbocycles. The van der Waals surface area contributed by atoms with E-state index in [0.29, 0.717) is 24.5 Å². The molecule has 1 fully saturated rings. The van der Waals surface area contributed by atoms with E-state index in [9.17, 15) is 9.59 Å². The summed E-state index contributed by atoms with van der Waals surface area (Å²) in [6.45, 7) is 1.33. The third kappa shape index (κ3) is 2.66. The summed E-state index contributed by atoms with van der Waals surface area (Å²) in [5.41, 5.74) is 2.69. The van der Waals surface area contributed by atoms with Gasteiger partial charge in [-0.25, -0.2) is 4.98 Å². The van der Waals surface area contributed by atoms with Crippen LogP contribution in [0.4, 0.5) is 0 Å². The number of fused-ring (bicyclic) bond motifs is 2. The predicted octanol–water partition coefficient (Wildman–Crippen LogP) is 2.28. The topological polar surface area (TPSA) is 94.7 Å². The number of rotatable bonds is 2. The molecule has 2 aliphatic rings. The predicted molar refractivity (Wildman–Crippen MR) is 104 cm³/mol. The Balaban J connectivity index is 1.54. The molecule has 3 aromatic heterocycles. The zero-order valence-corrected chi connectivity index (χ0v) is 15.4. The molecule has 1 aliphatic carbocycles. The van der Waals surface area contributed by atoms with Gasteiger partial charge in [0, 0.05) is 48.2 Å². The first kappa shape index (κ1) is 16.9. The summed E-state index contributed by atoms with van der Waals surface area (Å²) in [5, 5.41) is 0. The maximum absolute atomic E-state index is 12.9. The Hall–Kier alpha value is -3.22. The van der Waals surface area contributed by atoms with Gasteiger partial charge in [0.2, 0.25) is 0 Å². The molecule has 0 radical (unpaired) electrons. The van der Waals surface area contributed by atoms with Gasteiger partial charge in [0.1, 0.15) is 11.5 Å². The van der Waals surface area contributed by atoms with Gasteiger partial charge in [0.15, 0.2) is 0 Å². The SMILES string of the molecule is O=C(c1ccc[nH]1)N1CCCC2(CCc3c2nc(-c2cccnc2)[nH]c3=O)C1. The Bertz CT molecular complexity index is 1070. The van der Waals surface area contributed by atoms with E-state index in [1.165, 1.54) is 0 Å². The van der Waals surface area contributed by atoms with E-state index in [4.69, 9.17) is 4.98 Å². The quantitative estimate of drug-likeness (QED) is 0.718. The summed E-state index contributed by atoms with van der Waals surface area (Å²) in [6, 6.07) is 7.35. The fourth-order valence-corrected chi connectivity index (χ4v) is 4.63. The van der Waals surface area contributed by atoms with Crippen molar-refractivity contribution in [2.24, 2.45) is 0 Å². The highest BCUT2D eigenvalue weighted by atomic mass is 16.2. The molecule has 7 nitrogen and oxygen atoms in total. The number of piperidine rings is 1. The molecule has 1 spiro atoms. The zero-order valence-electron chi connectivity index (χ0n) is 15.4. The average molecular weight is 375 g/mol. The van der Waals surface area contributed by atoms with Crippen LogP contribution in [0.2, 0.25) is 0 Å². The molecule has 1 aliphatic heterocycles. The number of likely N-dealkylation sites (tertiary alicyclic amines) is 1. The van der Waals surface area contributed by atoms with Gasteiger partial charge < -0.3 is 14.9 Å². The number of carbonyl (C=O) groups excluding carboxylic acids is 1. The molecule has 5 rings (SSSR count). The lowest BCUT2D eigenvalue weighted by Gasteiger charge is -2.40. The van der Waals surface area contributed by atoms with Crippen molar-refractivity contribution < 1.29 is 4.79 Å². The van der Waals surface area contributed by atoms with Crippen molar-refractivity contribution in [2.75, 3.05) is 13.1 Å². The average Bonchev–Trinajstić information content (AvgIpc) is 3.38. The Morgan fingerprint density at radius 3 is 2.93 bits per heavy atom. The van der Waals surface area contributed by atoms with Crippen molar-refractivity contribution in [3.8, 4) is 11.4 Å². The molecule has 7 heteroatoms. The lowest BCUT2D eigenvalue weighted by molar-refractivity contribution is 0.0628. The van der Waals surface area contributed by atoms with Crippen molar-refractivity contribution in [1.29, 1.82) is 0 Å². The first-order valence-electron chi connectivity index (χ1n) is 9.63. The van der Waals surface area contributed by atoms with Crippen LogP contribution in [0.1, 0.15) is 41.0 Å². The van der Waals surface area contributed by atoms with Crippen molar-refractivity contribution >= 4 is 5.91 Å². The zero-order chi connectivity index (χ0) is 19.1. The molecule has 1 amide bonds. The largest absolute Gasteiger partial charge is 0.357 e. The van der Waals surface area contributed by atoms with E-state index in [1.54, 1.807) is 24.7 Å². The van der Waals surface area contributed by atoms with Gasteiger partial charge in [0.25, 0.3) is 11.5 Å². The fraction of sp³-hybridized carbons (Fsp3) is 0.333. The molecule has 142 valence electrons. The fourth-order valence-electron chi connectivity index (χ4n) is 4.63. The Morgan fingerprint density at radius 1 is 1.21 bits per heavy atom. The third-order valence-corrected chi connectivity index (χ3v) is 6.00. The van der Waals surface area contributed by atoms with Crippen molar-refractivity contribution in [1.82, 2.24) is 24.8 Å². The number of aromatic amines is 2. The van der Waals surface area contributed by atoms with E-state index in [1.807, 2.05) is 23.1 Å². The first-order valence-corrected chi connectivity index (χ1v) is 9.63. The Morgan fingerprint density at radius 2 is 2.14 bits per heavy atom. The number of nitrogens with zero attached hydrogens (tertiary/aromatic N) is 3. The summed E-state index contributed by atoms with van der Waals surface area (Å²) in [5.74, 6) is 0.556. The smallest absolute Gasteiger partial charge is 0.270 e. The molecule has 0 bridgehead atoms. The molecular weight excluding hydrogens is 354 g/mol. The molecular formula is C21H21N5O2. The van der Waals surface area contributed by atoms with E-state index >= 15 is 0 Å². The van der Waals surface area contributed by atoms with Crippen molar-refractivity contribution in [2.45, 2.75) is 31.1 Å². The molecule has 28 heavy (non-hydrogen) atoms. The highest BCUT2D eigenvalue weighted by Gasteiger charge is 2.45. The lowest BCUT2D eigenvalue weighted by atomic mass is 9.77. The Labute approximate surface area is 161 Å². The Kier molecular flexibility index (Phi) is 3.89. The highest BCUT2D eigenvalue weighted by Crippen LogP contribution is 2.43. The molecule has 1 saturated heterocycles. The monoisotopic (exact) mass is 375 g/mol. The maximum Gasteiger partial charge on any atom is 0.270 e. The van der Waals surface area contributed by atoms with E-state index in [0.717, 1.165) is 42.6 Å². The summed E-state index contributed by atoms with van der Waals surface area (Å²) in [7, 11) is 0. The van der Waals surface area contributed by atoms with Crippen LogP contribution in [0.25, 0.3) is 11.4 Å². The van der Waals surface area contributed by atoms with Crippen molar-refractivity contribution in [3.05, 3.63) is 70.2 Å². The standard InChI is InChI=1S/C21H21N5O2/c27-19-15-6-8-21(17(15)24-18(25-19)14-4-1-9-22-12-14)7-3-11-26(13-21)20(28)16-5-2-10-23-16/h1-2,4-5,9-10,12,23H,3,6-8,11,13H2,(H,24,25,27). The van der Waals surface area contributed by atoms with Crippen LogP contribution in [-0.2, 0) is 11.8 Å². The number of nitrogens with one attached hydrogen (secondary N) is 2. The minimum atomic E-state index is -0.249. The van der Waals surface area contributed by atoms with Gasteiger partial charge >= 0.3 is 0 Å². The third-order valence-electron chi connectivity index (χ3n) is 6.00. The summed E-state index contributed by atoms with van der Waals surface area (Å²) >= 11 is 0. The number of aromatic nitrogens is 4. The summed E-state index contributed by atoms with van der Waals surface area (Å²) < 4.78 is 0. The molecule has 0 aromatic carbocycles. The minimum absolute atomic E-state index is 0.00912. The number of amides is 1. The minimum Gasteiger partial charge on any atom is -0.357 e. The van der Waals surface area contributed by atoms with Crippen LogP contribution in [-0.4, -0.2) is 43.8 Å². The molecule has 3 aromatic rings. The molecule has 2 N–H and O–H groups in total. The van der Waals surface area contributed by atoms with Gasteiger partial charge in [0.05, 0.1) is 5.69 Å². The van der Waals surface area contributed by atoms with Crippen LogP contribution in [0.5, 0.6) is 0 Å². The van der Waals surface area contributed by atoms with Crippen LogP contribution in [0.3, 0.4) is 0 Å². The van der Waals surface area contributed by atoms with Crippen molar-refractivity contribution in [3.63, 3.8) is 0 Å². The van der Waals surface area contributed by atoms with Gasteiger partial charge in [-0.05, 0) is 49.9 Å². The van der Waals surface area contributed by atoms with Gasteiger partial charge in [-0.2, -0.15) is 0 Å². The maximum atomic E-state index is 12.9. The molecule has 1 atom stereocenters. The van der Waals surface area contributed by atoms with Crippen LogP contribution in [0, 0.1) is 0 Å². The van der Waals surface area contributed by atoms with Gasteiger partial charge in [-0.15, -0.1) is 0 Å².